The Bertz CT molecular complexity index is 2730. The Labute approximate surface area is 262 Å². The zero-order valence-corrected chi connectivity index (χ0v) is 24.9. The molecule has 6 aromatic carbocycles. The summed E-state index contributed by atoms with van der Waals surface area (Å²) in [4.78, 5) is 10.3. The van der Waals surface area contributed by atoms with E-state index in [1.165, 1.54) is 64.8 Å². The normalized spacial score (nSPS) is 12.0. The summed E-state index contributed by atoms with van der Waals surface area (Å²) in [6.45, 7) is 0. The van der Waals surface area contributed by atoms with Crippen LogP contribution in [0.25, 0.3) is 86.4 Å². The predicted octanol–water partition coefficient (Wildman–Crippen LogP) is 10.7. The summed E-state index contributed by atoms with van der Waals surface area (Å²) in [6.07, 6.45) is 3.65. The second-order valence-corrected chi connectivity index (χ2v) is 12.4. The number of fused-ring (bicyclic) bond motifs is 12. The molecule has 0 radical (unpaired) electrons. The number of hydrogen-bond acceptors (Lipinski definition) is 3. The van der Waals surface area contributed by atoms with E-state index in [9.17, 15) is 0 Å². The summed E-state index contributed by atoms with van der Waals surface area (Å²) >= 11 is 1.77. The second kappa shape index (κ2) is 9.36. The number of aromatic nitrogens is 4. The molecule has 0 aliphatic rings. The van der Waals surface area contributed by atoms with Crippen molar-refractivity contribution in [3.05, 3.63) is 146 Å². The van der Waals surface area contributed by atoms with Crippen LogP contribution in [0, 0.1) is 0 Å². The molecule has 0 fully saturated rings. The van der Waals surface area contributed by atoms with E-state index in [0.29, 0.717) is 0 Å². The van der Waals surface area contributed by atoms with Crippen LogP contribution in [0.5, 0.6) is 0 Å². The third kappa shape index (κ3) is 3.41. The molecule has 0 saturated heterocycles. The van der Waals surface area contributed by atoms with Gasteiger partial charge in [-0.25, -0.2) is 9.97 Å². The minimum absolute atomic E-state index is 1.00. The molecule has 0 amide bonds. The number of hydrogen-bond donors (Lipinski definition) is 0. The lowest BCUT2D eigenvalue weighted by molar-refractivity contribution is 1.18. The summed E-state index contributed by atoms with van der Waals surface area (Å²) in [6, 6.07) is 47.9. The minimum atomic E-state index is 1.00. The van der Waals surface area contributed by atoms with Crippen LogP contribution in [0.1, 0.15) is 0 Å². The van der Waals surface area contributed by atoms with Crippen molar-refractivity contribution in [2.75, 3.05) is 0 Å². The molecule has 0 N–H and O–H groups in total. The van der Waals surface area contributed by atoms with Crippen LogP contribution in [-0.4, -0.2) is 19.1 Å². The molecule has 0 aliphatic heterocycles. The van der Waals surface area contributed by atoms with Crippen molar-refractivity contribution in [2.45, 2.75) is 0 Å². The first kappa shape index (κ1) is 24.6. The molecule has 45 heavy (non-hydrogen) atoms. The maximum atomic E-state index is 4.76. The Kier molecular flexibility index (Phi) is 5.12. The Morgan fingerprint density at radius 3 is 1.69 bits per heavy atom. The van der Waals surface area contributed by atoms with E-state index in [4.69, 9.17) is 4.98 Å². The summed E-state index contributed by atoms with van der Waals surface area (Å²) in [7, 11) is 0. The average Bonchev–Trinajstić information content (AvgIpc) is 3.77. The van der Waals surface area contributed by atoms with Crippen LogP contribution in [0.15, 0.2) is 146 Å². The number of nitrogens with zero attached hydrogens (tertiary/aromatic N) is 4. The highest BCUT2D eigenvalue weighted by Crippen LogP contribution is 2.50. The van der Waals surface area contributed by atoms with Crippen molar-refractivity contribution in [1.29, 1.82) is 0 Å². The van der Waals surface area contributed by atoms with E-state index < -0.39 is 0 Å². The van der Waals surface area contributed by atoms with Crippen LogP contribution in [0.4, 0.5) is 0 Å². The first-order valence-electron chi connectivity index (χ1n) is 15.1. The van der Waals surface area contributed by atoms with Gasteiger partial charge in [-0.15, -0.1) is 11.3 Å². The van der Waals surface area contributed by atoms with Crippen LogP contribution in [-0.2, 0) is 0 Å². The Balaban J connectivity index is 1.46. The van der Waals surface area contributed by atoms with Crippen LogP contribution in [0.2, 0.25) is 0 Å². The maximum Gasteiger partial charge on any atom is 0.127 e. The zero-order valence-electron chi connectivity index (χ0n) is 24.1. The molecule has 4 heterocycles. The molecule has 5 heteroatoms. The van der Waals surface area contributed by atoms with Gasteiger partial charge in [0.15, 0.2) is 0 Å². The van der Waals surface area contributed by atoms with E-state index in [1.807, 2.05) is 6.20 Å². The molecule has 0 aliphatic carbocycles. The van der Waals surface area contributed by atoms with E-state index in [0.717, 1.165) is 21.6 Å². The molecule has 4 nitrogen and oxygen atoms in total. The molecule has 210 valence electrons. The van der Waals surface area contributed by atoms with Gasteiger partial charge in [-0.1, -0.05) is 97.1 Å². The molecule has 0 saturated carbocycles. The third-order valence-electron chi connectivity index (χ3n) is 9.07. The number of rotatable bonds is 3. The third-order valence-corrected chi connectivity index (χ3v) is 10.2. The predicted molar refractivity (Wildman–Crippen MR) is 189 cm³/mol. The number of para-hydroxylation sites is 3. The van der Waals surface area contributed by atoms with Crippen LogP contribution in [0.3, 0.4) is 0 Å². The van der Waals surface area contributed by atoms with Crippen molar-refractivity contribution >= 4 is 75.3 Å². The quantitative estimate of drug-likeness (QED) is 0.205. The van der Waals surface area contributed by atoms with Gasteiger partial charge in [0.25, 0.3) is 0 Å². The molecule has 0 bridgehead atoms. The van der Waals surface area contributed by atoms with Crippen molar-refractivity contribution in [3.8, 4) is 22.5 Å². The van der Waals surface area contributed by atoms with Crippen molar-refractivity contribution in [3.63, 3.8) is 0 Å². The molecule has 4 aromatic heterocycles. The highest BCUT2D eigenvalue weighted by molar-refractivity contribution is 7.26. The first-order valence-corrected chi connectivity index (χ1v) is 15.9. The molecule has 0 spiro atoms. The standard InChI is InChI=1S/C40H24N4S/c1-3-11-25(12-4-1)26-19-21-28(22-20-26)44-33-18-10-8-16-30(33)35-37(44)34-29-15-7-9-17-32(29)43(27-13-5-2-6-14-27)38(34)36-31-23-41-24-42-40(31)45-39(35)36/h1-24H. The van der Waals surface area contributed by atoms with Crippen molar-refractivity contribution in [1.82, 2.24) is 19.1 Å². The second-order valence-electron chi connectivity index (χ2n) is 11.4. The molecular weight excluding hydrogens is 569 g/mol. The van der Waals surface area contributed by atoms with E-state index in [-0.39, 0.29) is 0 Å². The first-order chi connectivity index (χ1) is 22.4. The Morgan fingerprint density at radius 1 is 0.467 bits per heavy atom. The molecular formula is C40H24N4S. The molecule has 0 atom stereocenters. The van der Waals surface area contributed by atoms with Crippen molar-refractivity contribution in [2.24, 2.45) is 0 Å². The fourth-order valence-electron chi connectivity index (χ4n) is 7.22. The Hall–Kier alpha value is -5.78. The van der Waals surface area contributed by atoms with Gasteiger partial charge < -0.3 is 9.13 Å². The summed E-state index contributed by atoms with van der Waals surface area (Å²) in [5, 5.41) is 7.27. The maximum absolute atomic E-state index is 4.76. The Morgan fingerprint density at radius 2 is 1.00 bits per heavy atom. The topological polar surface area (TPSA) is 35.6 Å². The molecule has 10 aromatic rings. The highest BCUT2D eigenvalue weighted by atomic mass is 32.1. The lowest BCUT2D eigenvalue weighted by Gasteiger charge is -2.12. The highest BCUT2D eigenvalue weighted by Gasteiger charge is 2.26. The lowest BCUT2D eigenvalue weighted by atomic mass is 10.0. The van der Waals surface area contributed by atoms with Crippen LogP contribution >= 0.6 is 11.3 Å². The van der Waals surface area contributed by atoms with Gasteiger partial charge >= 0.3 is 0 Å². The number of benzene rings is 6. The van der Waals surface area contributed by atoms with Gasteiger partial charge in [0, 0.05) is 54.6 Å². The van der Waals surface area contributed by atoms with Gasteiger partial charge in [-0.05, 0) is 47.5 Å². The summed E-state index contributed by atoms with van der Waals surface area (Å²) < 4.78 is 6.15. The van der Waals surface area contributed by atoms with Gasteiger partial charge in [-0.3, -0.25) is 0 Å². The minimum Gasteiger partial charge on any atom is -0.308 e. The summed E-state index contributed by atoms with van der Waals surface area (Å²) in [5.41, 5.74) is 9.47. The van der Waals surface area contributed by atoms with Gasteiger partial charge in [-0.2, -0.15) is 0 Å². The van der Waals surface area contributed by atoms with Gasteiger partial charge in [0.2, 0.25) is 0 Å². The molecule has 0 unspecified atom stereocenters. The van der Waals surface area contributed by atoms with Gasteiger partial charge in [0.05, 0.1) is 22.1 Å². The van der Waals surface area contributed by atoms with E-state index >= 15 is 0 Å². The fraction of sp³-hybridized carbons (Fsp3) is 0. The largest absolute Gasteiger partial charge is 0.308 e. The average molecular weight is 593 g/mol. The van der Waals surface area contributed by atoms with Crippen LogP contribution < -0.4 is 0 Å². The smallest absolute Gasteiger partial charge is 0.127 e. The number of thiophene rings is 1. The summed E-state index contributed by atoms with van der Waals surface area (Å²) in [5.74, 6) is 0. The SMILES string of the molecule is c1ccc(-c2ccc(-n3c4ccccc4c4c5sc6ncncc6c5c5c(c6ccccc6n5-c5ccccc5)c43)cc2)cc1. The van der Waals surface area contributed by atoms with Gasteiger partial charge in [0.1, 0.15) is 11.2 Å². The fourth-order valence-corrected chi connectivity index (χ4v) is 8.40. The van der Waals surface area contributed by atoms with Crippen molar-refractivity contribution < 1.29 is 0 Å². The van der Waals surface area contributed by atoms with E-state index in [2.05, 4.69) is 148 Å². The monoisotopic (exact) mass is 592 g/mol. The van der Waals surface area contributed by atoms with E-state index in [1.54, 1.807) is 17.7 Å². The molecule has 10 rings (SSSR count). The lowest BCUT2D eigenvalue weighted by Crippen LogP contribution is -1.96. The zero-order chi connectivity index (χ0) is 29.5.